The lowest BCUT2D eigenvalue weighted by Crippen LogP contribution is -2.37. The first-order valence-corrected chi connectivity index (χ1v) is 7.37. The summed E-state index contributed by atoms with van der Waals surface area (Å²) in [5.41, 5.74) is 2.34. The van der Waals surface area contributed by atoms with E-state index in [1.165, 1.54) is 5.56 Å². The van der Waals surface area contributed by atoms with Crippen LogP contribution in [0.25, 0.3) is 0 Å². The number of rotatable bonds is 8. The summed E-state index contributed by atoms with van der Waals surface area (Å²) >= 11 is 0. The van der Waals surface area contributed by atoms with Crippen LogP contribution >= 0.6 is 0 Å². The lowest BCUT2D eigenvalue weighted by molar-refractivity contribution is 0.145. The van der Waals surface area contributed by atoms with Crippen molar-refractivity contribution in [2.24, 2.45) is 4.99 Å². The van der Waals surface area contributed by atoms with Gasteiger partial charge in [-0.1, -0.05) is 12.1 Å². The van der Waals surface area contributed by atoms with E-state index in [0.29, 0.717) is 0 Å². The summed E-state index contributed by atoms with van der Waals surface area (Å²) in [6.07, 6.45) is 0.968. The van der Waals surface area contributed by atoms with Gasteiger partial charge >= 0.3 is 0 Å². The molecule has 0 aromatic heterocycles. The molecule has 0 bridgehead atoms. The quantitative estimate of drug-likeness (QED) is 0.438. The molecule has 0 spiro atoms. The van der Waals surface area contributed by atoms with Crippen molar-refractivity contribution in [1.82, 2.24) is 10.6 Å². The van der Waals surface area contributed by atoms with Crippen LogP contribution in [-0.2, 0) is 11.3 Å². The van der Waals surface area contributed by atoms with Crippen LogP contribution in [0, 0.1) is 6.92 Å². The van der Waals surface area contributed by atoms with E-state index < -0.39 is 0 Å². The Labute approximate surface area is 127 Å². The number of hydrogen-bond acceptors (Lipinski definition) is 3. The second-order valence-corrected chi connectivity index (χ2v) is 4.71. The van der Waals surface area contributed by atoms with E-state index in [1.54, 1.807) is 14.2 Å². The average Bonchev–Trinajstić information content (AvgIpc) is 2.50. The smallest absolute Gasteiger partial charge is 0.191 e. The van der Waals surface area contributed by atoms with Gasteiger partial charge in [0.15, 0.2) is 5.96 Å². The van der Waals surface area contributed by atoms with Crippen LogP contribution in [0.5, 0.6) is 5.75 Å². The first-order valence-electron chi connectivity index (χ1n) is 7.37. The fourth-order valence-corrected chi connectivity index (χ4v) is 1.98. The SMILES string of the molecule is CCOCCCNC(=NC)NCc1ccc(OC)c(C)c1. The fourth-order valence-electron chi connectivity index (χ4n) is 1.98. The van der Waals surface area contributed by atoms with Crippen molar-refractivity contribution in [1.29, 1.82) is 0 Å². The Kier molecular flexibility index (Phi) is 8.28. The molecule has 118 valence electrons. The molecule has 0 radical (unpaired) electrons. The predicted octanol–water partition coefficient (Wildman–Crippen LogP) is 2.10. The average molecular weight is 293 g/mol. The number of nitrogens with one attached hydrogen (secondary N) is 2. The van der Waals surface area contributed by atoms with Crippen molar-refractivity contribution in [2.45, 2.75) is 26.8 Å². The summed E-state index contributed by atoms with van der Waals surface area (Å²) < 4.78 is 10.6. The number of ether oxygens (including phenoxy) is 2. The third kappa shape index (κ3) is 6.49. The van der Waals surface area contributed by atoms with E-state index in [2.05, 4.69) is 27.8 Å². The highest BCUT2D eigenvalue weighted by Crippen LogP contribution is 2.18. The molecule has 0 fully saturated rings. The van der Waals surface area contributed by atoms with Crippen molar-refractivity contribution < 1.29 is 9.47 Å². The van der Waals surface area contributed by atoms with Gasteiger partial charge in [-0.15, -0.1) is 0 Å². The van der Waals surface area contributed by atoms with Crippen LogP contribution in [-0.4, -0.2) is 39.9 Å². The number of benzene rings is 1. The predicted molar refractivity (Wildman–Crippen MR) is 87.0 cm³/mol. The Balaban J connectivity index is 2.36. The number of hydrogen-bond donors (Lipinski definition) is 2. The van der Waals surface area contributed by atoms with Crippen LogP contribution in [0.3, 0.4) is 0 Å². The monoisotopic (exact) mass is 293 g/mol. The zero-order valence-electron chi connectivity index (χ0n) is 13.5. The molecule has 5 nitrogen and oxygen atoms in total. The number of aryl methyl sites for hydroxylation is 1. The van der Waals surface area contributed by atoms with Gasteiger partial charge in [-0.25, -0.2) is 0 Å². The van der Waals surface area contributed by atoms with Gasteiger partial charge in [-0.05, 0) is 37.5 Å². The highest BCUT2D eigenvalue weighted by molar-refractivity contribution is 5.79. The molecule has 0 saturated heterocycles. The molecule has 0 aliphatic heterocycles. The third-order valence-electron chi connectivity index (χ3n) is 3.10. The van der Waals surface area contributed by atoms with Gasteiger partial charge in [0.1, 0.15) is 5.75 Å². The Morgan fingerprint density at radius 3 is 2.71 bits per heavy atom. The van der Waals surface area contributed by atoms with E-state index in [-0.39, 0.29) is 0 Å². The van der Waals surface area contributed by atoms with Crippen LogP contribution in [0.1, 0.15) is 24.5 Å². The van der Waals surface area contributed by atoms with Crippen LogP contribution < -0.4 is 15.4 Å². The summed E-state index contributed by atoms with van der Waals surface area (Å²) in [4.78, 5) is 4.21. The van der Waals surface area contributed by atoms with Crippen LogP contribution in [0.4, 0.5) is 0 Å². The van der Waals surface area contributed by atoms with Crippen LogP contribution in [0.15, 0.2) is 23.2 Å². The molecule has 0 unspecified atom stereocenters. The number of nitrogens with zero attached hydrogens (tertiary/aromatic N) is 1. The van der Waals surface area contributed by atoms with Crippen molar-refractivity contribution >= 4 is 5.96 Å². The maximum absolute atomic E-state index is 5.30. The molecule has 0 heterocycles. The zero-order valence-corrected chi connectivity index (χ0v) is 13.5. The standard InChI is InChI=1S/C16H27N3O2/c1-5-21-10-6-9-18-16(17-3)19-12-14-7-8-15(20-4)13(2)11-14/h7-8,11H,5-6,9-10,12H2,1-4H3,(H2,17,18,19). The van der Waals surface area contributed by atoms with Crippen molar-refractivity contribution in [3.8, 4) is 5.75 Å². The minimum Gasteiger partial charge on any atom is -0.496 e. The Bertz CT molecular complexity index is 447. The maximum atomic E-state index is 5.30. The number of aliphatic imine (C=N–C) groups is 1. The van der Waals surface area contributed by atoms with Gasteiger partial charge < -0.3 is 20.1 Å². The molecule has 1 aromatic carbocycles. The zero-order chi connectivity index (χ0) is 15.5. The molecule has 0 aliphatic carbocycles. The highest BCUT2D eigenvalue weighted by atomic mass is 16.5. The summed E-state index contributed by atoms with van der Waals surface area (Å²) in [5.74, 6) is 1.72. The van der Waals surface area contributed by atoms with Crippen LogP contribution in [0.2, 0.25) is 0 Å². The van der Waals surface area contributed by atoms with Gasteiger partial charge in [0.25, 0.3) is 0 Å². The van der Waals surface area contributed by atoms with E-state index in [0.717, 1.165) is 50.0 Å². The molecule has 0 atom stereocenters. The molecular weight excluding hydrogens is 266 g/mol. The third-order valence-corrected chi connectivity index (χ3v) is 3.10. The van der Waals surface area contributed by atoms with E-state index >= 15 is 0 Å². The summed E-state index contributed by atoms with van der Waals surface area (Å²) in [6, 6.07) is 6.17. The summed E-state index contributed by atoms with van der Waals surface area (Å²) in [5, 5.41) is 6.57. The number of methoxy groups -OCH3 is 1. The Hall–Kier alpha value is -1.75. The van der Waals surface area contributed by atoms with Crippen molar-refractivity contribution in [3.63, 3.8) is 0 Å². The summed E-state index contributed by atoms with van der Waals surface area (Å²) in [6.45, 7) is 7.17. The molecule has 0 aliphatic rings. The molecule has 0 amide bonds. The van der Waals surface area contributed by atoms with E-state index in [1.807, 2.05) is 19.9 Å². The largest absolute Gasteiger partial charge is 0.496 e. The first kappa shape index (κ1) is 17.3. The molecule has 5 heteroatoms. The second kappa shape index (κ2) is 10.0. The van der Waals surface area contributed by atoms with Crippen molar-refractivity contribution in [2.75, 3.05) is 33.9 Å². The first-order chi connectivity index (χ1) is 10.2. The van der Waals surface area contributed by atoms with Gasteiger partial charge in [-0.2, -0.15) is 0 Å². The highest BCUT2D eigenvalue weighted by Gasteiger charge is 2.01. The molecule has 21 heavy (non-hydrogen) atoms. The summed E-state index contributed by atoms with van der Waals surface area (Å²) in [7, 11) is 3.46. The molecule has 1 aromatic rings. The van der Waals surface area contributed by atoms with Crippen molar-refractivity contribution in [3.05, 3.63) is 29.3 Å². The maximum Gasteiger partial charge on any atom is 0.191 e. The van der Waals surface area contributed by atoms with E-state index in [9.17, 15) is 0 Å². The van der Waals surface area contributed by atoms with Gasteiger partial charge in [-0.3, -0.25) is 4.99 Å². The minimum atomic E-state index is 0.732. The van der Waals surface area contributed by atoms with E-state index in [4.69, 9.17) is 9.47 Å². The molecule has 2 N–H and O–H groups in total. The topological polar surface area (TPSA) is 54.9 Å². The molecular formula is C16H27N3O2. The van der Waals surface area contributed by atoms with Gasteiger partial charge in [0, 0.05) is 33.4 Å². The second-order valence-electron chi connectivity index (χ2n) is 4.71. The normalized spacial score (nSPS) is 11.3. The molecule has 1 rings (SSSR count). The number of guanidine groups is 1. The van der Waals surface area contributed by atoms with Gasteiger partial charge in [0.05, 0.1) is 7.11 Å². The Morgan fingerprint density at radius 2 is 2.10 bits per heavy atom. The minimum absolute atomic E-state index is 0.732. The lowest BCUT2D eigenvalue weighted by Gasteiger charge is -2.13. The van der Waals surface area contributed by atoms with Gasteiger partial charge in [0.2, 0.25) is 0 Å². The molecule has 0 saturated carbocycles. The lowest BCUT2D eigenvalue weighted by atomic mass is 10.1. The Morgan fingerprint density at radius 1 is 1.29 bits per heavy atom. The fraction of sp³-hybridized carbons (Fsp3) is 0.562.